The SMILES string of the molecule is C=CC1=NC(=C)CC2c3c([nH]c4ccccc34)-c3ccccc3C2CCc2ccc3c(oc4c5ccccc5ccc34)c21. The molecule has 0 saturated carbocycles. The number of allylic oxidation sites excluding steroid dienone is 2. The summed E-state index contributed by atoms with van der Waals surface area (Å²) in [6.45, 7) is 8.75. The molecule has 0 radical (unpaired) electrons. The molecule has 1 aliphatic heterocycles. The van der Waals surface area contributed by atoms with Crippen molar-refractivity contribution in [3.05, 3.63) is 144 Å². The van der Waals surface area contributed by atoms with E-state index >= 15 is 0 Å². The molecule has 5 aromatic carbocycles. The molecule has 3 heterocycles. The maximum absolute atomic E-state index is 6.78. The van der Waals surface area contributed by atoms with Crippen LogP contribution in [0.2, 0.25) is 0 Å². The molecule has 3 heteroatoms. The van der Waals surface area contributed by atoms with Gasteiger partial charge in [0, 0.05) is 43.9 Å². The van der Waals surface area contributed by atoms with Crippen molar-refractivity contribution >= 4 is 49.3 Å². The Morgan fingerprint density at radius 3 is 2.44 bits per heavy atom. The summed E-state index contributed by atoms with van der Waals surface area (Å²) in [4.78, 5) is 8.97. The van der Waals surface area contributed by atoms with Gasteiger partial charge in [-0.1, -0.05) is 98.1 Å². The van der Waals surface area contributed by atoms with Crippen molar-refractivity contribution in [3.63, 3.8) is 0 Å². The first-order chi connectivity index (χ1) is 21.2. The number of aromatic nitrogens is 1. The van der Waals surface area contributed by atoms with Crippen molar-refractivity contribution in [2.75, 3.05) is 0 Å². The first-order valence-corrected chi connectivity index (χ1v) is 15.1. The highest BCUT2D eigenvalue weighted by atomic mass is 16.3. The fourth-order valence-corrected chi connectivity index (χ4v) is 7.91. The van der Waals surface area contributed by atoms with Crippen LogP contribution < -0.4 is 0 Å². The summed E-state index contributed by atoms with van der Waals surface area (Å²) in [5.74, 6) is 0.606. The minimum absolute atomic E-state index is 0.270. The number of fused-ring (bicyclic) bond motifs is 15. The van der Waals surface area contributed by atoms with Crippen LogP contribution in [0, 0.1) is 0 Å². The van der Waals surface area contributed by atoms with E-state index in [-0.39, 0.29) is 5.92 Å². The van der Waals surface area contributed by atoms with E-state index in [1.807, 2.05) is 6.08 Å². The Morgan fingerprint density at radius 2 is 1.53 bits per heavy atom. The summed E-state index contributed by atoms with van der Waals surface area (Å²) < 4.78 is 6.78. The predicted molar refractivity (Wildman–Crippen MR) is 179 cm³/mol. The van der Waals surface area contributed by atoms with Crippen molar-refractivity contribution in [1.82, 2.24) is 4.98 Å². The minimum Gasteiger partial charge on any atom is -0.455 e. The van der Waals surface area contributed by atoms with Crippen molar-refractivity contribution in [1.29, 1.82) is 0 Å². The topological polar surface area (TPSA) is 41.3 Å². The molecule has 2 atom stereocenters. The Kier molecular flexibility index (Phi) is 5.22. The van der Waals surface area contributed by atoms with Crippen LogP contribution in [-0.4, -0.2) is 10.7 Å². The van der Waals surface area contributed by atoms with Gasteiger partial charge in [0.2, 0.25) is 0 Å². The van der Waals surface area contributed by atoms with Crippen LogP contribution in [0.4, 0.5) is 0 Å². The molecule has 206 valence electrons. The van der Waals surface area contributed by atoms with Gasteiger partial charge in [-0.25, -0.2) is 0 Å². The number of H-pyrrole nitrogens is 1. The van der Waals surface area contributed by atoms with E-state index < -0.39 is 0 Å². The van der Waals surface area contributed by atoms with E-state index in [0.29, 0.717) is 5.92 Å². The zero-order valence-electron chi connectivity index (χ0n) is 23.9. The third-order valence-corrected chi connectivity index (χ3v) is 9.76. The Hall–Kier alpha value is -5.15. The molecule has 9 rings (SSSR count). The number of rotatable bonds is 1. The molecular weight excluding hydrogens is 524 g/mol. The van der Waals surface area contributed by atoms with Crippen molar-refractivity contribution in [3.8, 4) is 11.3 Å². The van der Waals surface area contributed by atoms with Crippen LogP contribution in [0.25, 0.3) is 54.9 Å². The number of hydrogen-bond acceptors (Lipinski definition) is 2. The van der Waals surface area contributed by atoms with E-state index in [1.165, 1.54) is 44.2 Å². The van der Waals surface area contributed by atoms with Gasteiger partial charge in [0.1, 0.15) is 11.2 Å². The predicted octanol–water partition coefficient (Wildman–Crippen LogP) is 10.6. The van der Waals surface area contributed by atoms with Crippen molar-refractivity contribution in [2.45, 2.75) is 31.1 Å². The van der Waals surface area contributed by atoms with Crippen LogP contribution in [0.3, 0.4) is 0 Å². The highest BCUT2D eigenvalue weighted by Crippen LogP contribution is 2.53. The Bertz CT molecular complexity index is 2330. The average molecular weight is 555 g/mol. The van der Waals surface area contributed by atoms with Gasteiger partial charge in [-0.15, -0.1) is 0 Å². The number of aliphatic imine (C=N–C) groups is 1. The molecule has 2 aromatic heterocycles. The van der Waals surface area contributed by atoms with Crippen LogP contribution in [0.5, 0.6) is 0 Å². The lowest BCUT2D eigenvalue weighted by atomic mass is 9.69. The smallest absolute Gasteiger partial charge is 0.145 e. The second kappa shape index (κ2) is 9.17. The summed E-state index contributed by atoms with van der Waals surface area (Å²) in [7, 11) is 0. The second-order valence-electron chi connectivity index (χ2n) is 12.0. The molecule has 0 spiro atoms. The van der Waals surface area contributed by atoms with Crippen LogP contribution >= 0.6 is 0 Å². The number of para-hydroxylation sites is 1. The molecular formula is C40H30N2O. The molecule has 2 aliphatic rings. The van der Waals surface area contributed by atoms with E-state index in [2.05, 4.69) is 115 Å². The zero-order valence-corrected chi connectivity index (χ0v) is 23.9. The van der Waals surface area contributed by atoms with Gasteiger partial charge in [0.25, 0.3) is 0 Å². The third-order valence-electron chi connectivity index (χ3n) is 9.76. The van der Waals surface area contributed by atoms with Gasteiger partial charge in [-0.05, 0) is 71.4 Å². The van der Waals surface area contributed by atoms with E-state index in [1.54, 1.807) is 0 Å². The Balaban J connectivity index is 1.27. The van der Waals surface area contributed by atoms with Gasteiger partial charge >= 0.3 is 0 Å². The minimum atomic E-state index is 0.270. The first kappa shape index (κ1) is 24.4. The largest absolute Gasteiger partial charge is 0.455 e. The van der Waals surface area contributed by atoms with Crippen LogP contribution in [0.15, 0.2) is 131 Å². The van der Waals surface area contributed by atoms with E-state index in [4.69, 9.17) is 9.41 Å². The standard InChI is InChI=1S/C40H30N2O/c1-3-34-36-25(18-21-31-30-20-16-24-10-4-5-11-26(24)39(30)43-40(31)36)17-19-28-27-12-6-7-13-29(27)38-37(33(28)22-23(2)41-34)32-14-8-9-15-35(32)42-38/h3-16,18,20-21,28,33,42H,1-2,17,19,22H2. The number of aryl methyl sites for hydroxylation is 1. The number of benzene rings is 5. The van der Waals surface area contributed by atoms with Gasteiger partial charge in [0.05, 0.1) is 11.4 Å². The monoisotopic (exact) mass is 554 g/mol. The quantitative estimate of drug-likeness (QED) is 0.215. The molecule has 3 nitrogen and oxygen atoms in total. The summed E-state index contributed by atoms with van der Waals surface area (Å²) >= 11 is 0. The maximum Gasteiger partial charge on any atom is 0.145 e. The number of aromatic amines is 1. The molecule has 0 amide bonds. The lowest BCUT2D eigenvalue weighted by molar-refractivity contribution is 0.496. The molecule has 0 bridgehead atoms. The number of nitrogens with zero attached hydrogens (tertiary/aromatic N) is 1. The number of nitrogens with one attached hydrogen (secondary N) is 1. The summed E-state index contributed by atoms with van der Waals surface area (Å²) in [6, 6.07) is 34.9. The number of furan rings is 1. The van der Waals surface area contributed by atoms with Gasteiger partial charge < -0.3 is 9.40 Å². The van der Waals surface area contributed by atoms with Crippen LogP contribution in [0.1, 0.15) is 46.9 Å². The highest BCUT2D eigenvalue weighted by Gasteiger charge is 2.37. The molecule has 1 N–H and O–H groups in total. The molecule has 1 aliphatic carbocycles. The second-order valence-corrected chi connectivity index (χ2v) is 12.0. The fourth-order valence-electron chi connectivity index (χ4n) is 7.91. The van der Waals surface area contributed by atoms with E-state index in [9.17, 15) is 0 Å². The van der Waals surface area contributed by atoms with E-state index in [0.717, 1.165) is 63.6 Å². The van der Waals surface area contributed by atoms with Gasteiger partial charge in [0.15, 0.2) is 0 Å². The molecule has 0 saturated heterocycles. The van der Waals surface area contributed by atoms with Gasteiger partial charge in [-0.2, -0.15) is 0 Å². The maximum atomic E-state index is 6.78. The molecule has 0 fully saturated rings. The Morgan fingerprint density at radius 1 is 0.767 bits per heavy atom. The first-order valence-electron chi connectivity index (χ1n) is 15.1. The number of hydrogen-bond donors (Lipinski definition) is 1. The summed E-state index contributed by atoms with van der Waals surface area (Å²) in [6.07, 6.45) is 4.58. The van der Waals surface area contributed by atoms with Crippen LogP contribution in [-0.2, 0) is 6.42 Å². The summed E-state index contributed by atoms with van der Waals surface area (Å²) in [5, 5.41) is 5.85. The molecule has 7 aromatic rings. The zero-order chi connectivity index (χ0) is 28.7. The molecule has 2 unspecified atom stereocenters. The lowest BCUT2D eigenvalue weighted by Gasteiger charge is -2.35. The van der Waals surface area contributed by atoms with Gasteiger partial charge in [-0.3, -0.25) is 4.99 Å². The van der Waals surface area contributed by atoms with Crippen molar-refractivity contribution in [2.24, 2.45) is 4.99 Å². The molecule has 43 heavy (non-hydrogen) atoms. The van der Waals surface area contributed by atoms with Crippen molar-refractivity contribution < 1.29 is 4.42 Å². The fraction of sp³-hybridized carbons (Fsp3) is 0.125. The normalized spacial score (nSPS) is 18.2. The lowest BCUT2D eigenvalue weighted by Crippen LogP contribution is -2.20. The third kappa shape index (κ3) is 3.51. The summed E-state index contributed by atoms with van der Waals surface area (Å²) in [5.41, 5.74) is 12.3. The Labute approximate surface area is 249 Å². The highest BCUT2D eigenvalue weighted by molar-refractivity contribution is 6.22. The average Bonchev–Trinajstić information content (AvgIpc) is 3.62.